The number of ether oxygens (including phenoxy) is 3. The van der Waals surface area contributed by atoms with Crippen molar-refractivity contribution >= 4 is 40.6 Å². The standard InChI is InChI=1S/C35H34N6O5S2/c1-22-11-13-23(14-12-22)29-19-27(31-10-7-15-47-31)39-41(29)33(42)21-48-35-38-37-32(40(35)28-8-5-6-9-30(28)46-4)20-36-34(43)24-16-25(44-2)18-26(17-24)45-3/h5-18,29H,19-21H2,1-4H3,(H,36,43)/t29-/m1/s1. The molecule has 2 amide bonds. The molecule has 2 aromatic heterocycles. The lowest BCUT2D eigenvalue weighted by molar-refractivity contribution is -0.130. The van der Waals surface area contributed by atoms with Crippen LogP contribution in [0.25, 0.3) is 5.69 Å². The molecule has 3 aromatic carbocycles. The van der Waals surface area contributed by atoms with Crippen LogP contribution in [0.3, 0.4) is 0 Å². The molecule has 0 saturated carbocycles. The Balaban J connectivity index is 1.25. The summed E-state index contributed by atoms with van der Waals surface area (Å²) in [7, 11) is 4.63. The Labute approximate surface area is 286 Å². The van der Waals surface area contributed by atoms with Gasteiger partial charge in [0.05, 0.1) is 55.9 Å². The van der Waals surface area contributed by atoms with Crippen LogP contribution in [-0.2, 0) is 11.3 Å². The molecule has 0 unspecified atom stereocenters. The van der Waals surface area contributed by atoms with E-state index in [2.05, 4.69) is 39.8 Å². The molecule has 11 nitrogen and oxygen atoms in total. The Morgan fingerprint density at radius 3 is 2.38 bits per heavy atom. The maximum absolute atomic E-state index is 13.9. The predicted molar refractivity (Wildman–Crippen MR) is 186 cm³/mol. The van der Waals surface area contributed by atoms with Crippen LogP contribution >= 0.6 is 23.1 Å². The average Bonchev–Trinajstić information content (AvgIpc) is 3.90. The van der Waals surface area contributed by atoms with E-state index >= 15 is 0 Å². The minimum absolute atomic E-state index is 0.0496. The van der Waals surface area contributed by atoms with Crippen LogP contribution in [0.4, 0.5) is 0 Å². The van der Waals surface area contributed by atoms with E-state index in [0.29, 0.717) is 45.9 Å². The van der Waals surface area contributed by atoms with Crippen LogP contribution < -0.4 is 19.5 Å². The number of aromatic nitrogens is 3. The maximum atomic E-state index is 13.9. The number of carbonyl (C=O) groups excluding carboxylic acids is 2. The van der Waals surface area contributed by atoms with E-state index in [9.17, 15) is 9.59 Å². The van der Waals surface area contributed by atoms with Crippen molar-refractivity contribution in [2.24, 2.45) is 5.10 Å². The van der Waals surface area contributed by atoms with Crippen molar-refractivity contribution in [1.29, 1.82) is 0 Å². The second-order valence-electron chi connectivity index (χ2n) is 10.9. The summed E-state index contributed by atoms with van der Waals surface area (Å²) in [6, 6.07) is 24.4. The Kier molecular flexibility index (Phi) is 10.1. The molecule has 0 radical (unpaired) electrons. The highest BCUT2D eigenvalue weighted by Gasteiger charge is 2.34. The van der Waals surface area contributed by atoms with Crippen molar-refractivity contribution in [3.05, 3.63) is 112 Å². The zero-order valence-electron chi connectivity index (χ0n) is 26.9. The van der Waals surface area contributed by atoms with Gasteiger partial charge in [-0.15, -0.1) is 21.5 Å². The second-order valence-corrected chi connectivity index (χ2v) is 12.8. The topological polar surface area (TPSA) is 120 Å². The van der Waals surface area contributed by atoms with E-state index in [4.69, 9.17) is 19.3 Å². The minimum Gasteiger partial charge on any atom is -0.497 e. The molecule has 13 heteroatoms. The van der Waals surface area contributed by atoms with Crippen LogP contribution in [0, 0.1) is 6.92 Å². The number of para-hydroxylation sites is 2. The molecule has 0 bridgehead atoms. The van der Waals surface area contributed by atoms with Crippen LogP contribution in [0.1, 0.15) is 44.6 Å². The van der Waals surface area contributed by atoms with Crippen molar-refractivity contribution < 1.29 is 23.8 Å². The van der Waals surface area contributed by atoms with Gasteiger partial charge >= 0.3 is 0 Å². The third-order valence-electron chi connectivity index (χ3n) is 7.81. The van der Waals surface area contributed by atoms with E-state index in [1.807, 2.05) is 48.7 Å². The molecule has 0 saturated heterocycles. The number of amides is 2. The van der Waals surface area contributed by atoms with Gasteiger partial charge in [0, 0.05) is 18.1 Å². The Hall–Kier alpha value is -5.14. The molecule has 1 aliphatic rings. The van der Waals surface area contributed by atoms with Gasteiger partial charge in [0.1, 0.15) is 17.2 Å². The van der Waals surface area contributed by atoms with Gasteiger partial charge in [-0.1, -0.05) is 59.8 Å². The first-order valence-electron chi connectivity index (χ1n) is 15.1. The third-order valence-corrected chi connectivity index (χ3v) is 9.64. The molecule has 0 aliphatic carbocycles. The largest absolute Gasteiger partial charge is 0.497 e. The summed E-state index contributed by atoms with van der Waals surface area (Å²) < 4.78 is 18.1. The van der Waals surface area contributed by atoms with Crippen molar-refractivity contribution in [2.75, 3.05) is 27.1 Å². The first-order valence-corrected chi connectivity index (χ1v) is 17.0. The highest BCUT2D eigenvalue weighted by molar-refractivity contribution is 7.99. The lowest BCUT2D eigenvalue weighted by Gasteiger charge is -2.22. The van der Waals surface area contributed by atoms with Gasteiger partial charge in [-0.25, -0.2) is 5.01 Å². The van der Waals surface area contributed by atoms with E-state index in [0.717, 1.165) is 21.7 Å². The summed E-state index contributed by atoms with van der Waals surface area (Å²) in [5, 5.41) is 20.7. The Morgan fingerprint density at radius 2 is 1.69 bits per heavy atom. The number of hydrazone groups is 1. The smallest absolute Gasteiger partial charge is 0.253 e. The Bertz CT molecular complexity index is 1920. The van der Waals surface area contributed by atoms with Gasteiger partial charge in [0.15, 0.2) is 11.0 Å². The molecule has 1 aliphatic heterocycles. The zero-order valence-corrected chi connectivity index (χ0v) is 28.5. The lowest BCUT2D eigenvalue weighted by atomic mass is 10.00. The second kappa shape index (κ2) is 14.7. The summed E-state index contributed by atoms with van der Waals surface area (Å²) in [6.45, 7) is 2.09. The number of rotatable bonds is 12. The van der Waals surface area contributed by atoms with E-state index in [1.165, 1.54) is 26.0 Å². The summed E-state index contributed by atoms with van der Waals surface area (Å²) in [5.74, 6) is 1.58. The van der Waals surface area contributed by atoms with E-state index in [1.54, 1.807) is 46.2 Å². The fourth-order valence-corrected chi connectivity index (χ4v) is 6.87. The summed E-state index contributed by atoms with van der Waals surface area (Å²) >= 11 is 2.85. The van der Waals surface area contributed by atoms with Crippen LogP contribution in [0.15, 0.2) is 94.5 Å². The predicted octanol–water partition coefficient (Wildman–Crippen LogP) is 6.06. The van der Waals surface area contributed by atoms with Crippen molar-refractivity contribution in [1.82, 2.24) is 25.1 Å². The first kappa shape index (κ1) is 32.8. The molecular weight excluding hydrogens is 649 g/mol. The van der Waals surface area contributed by atoms with Gasteiger partial charge in [0.2, 0.25) is 0 Å². The van der Waals surface area contributed by atoms with Gasteiger partial charge in [-0.3, -0.25) is 14.2 Å². The number of thioether (sulfide) groups is 1. The van der Waals surface area contributed by atoms with Gasteiger partial charge in [-0.05, 0) is 48.2 Å². The highest BCUT2D eigenvalue weighted by Crippen LogP contribution is 2.35. The van der Waals surface area contributed by atoms with E-state index in [-0.39, 0.29) is 30.2 Å². The molecular formula is C35H34N6O5S2. The number of hydrogen-bond donors (Lipinski definition) is 1. The molecule has 1 atom stereocenters. The number of nitrogens with one attached hydrogen (secondary N) is 1. The quantitative estimate of drug-likeness (QED) is 0.158. The number of carbonyl (C=O) groups is 2. The number of hydrogen-bond acceptors (Lipinski definition) is 10. The number of methoxy groups -OCH3 is 3. The highest BCUT2D eigenvalue weighted by atomic mass is 32.2. The normalized spacial score (nSPS) is 14.0. The molecule has 1 N–H and O–H groups in total. The average molecular weight is 683 g/mol. The fourth-order valence-electron chi connectivity index (χ4n) is 5.34. The Morgan fingerprint density at radius 1 is 0.938 bits per heavy atom. The lowest BCUT2D eigenvalue weighted by Crippen LogP contribution is -2.28. The SMILES string of the molecule is COc1cc(OC)cc(C(=O)NCc2nnc(SCC(=O)N3N=C(c4cccs4)C[C@@H]3c3ccc(C)cc3)n2-c2ccccc2OC)c1. The van der Waals surface area contributed by atoms with Gasteiger partial charge in [-0.2, -0.15) is 5.10 Å². The minimum atomic E-state index is -0.346. The number of nitrogens with zero attached hydrogens (tertiary/aromatic N) is 5. The zero-order chi connectivity index (χ0) is 33.6. The summed E-state index contributed by atoms with van der Waals surface area (Å²) in [6.07, 6.45) is 0.625. The molecule has 246 valence electrons. The number of aryl methyl sites for hydroxylation is 1. The van der Waals surface area contributed by atoms with Gasteiger partial charge < -0.3 is 19.5 Å². The molecule has 0 fully saturated rings. The summed E-state index contributed by atoms with van der Waals surface area (Å²) in [4.78, 5) is 28.1. The van der Waals surface area contributed by atoms with Crippen molar-refractivity contribution in [2.45, 2.75) is 31.1 Å². The molecule has 3 heterocycles. The van der Waals surface area contributed by atoms with Crippen molar-refractivity contribution in [3.63, 3.8) is 0 Å². The van der Waals surface area contributed by atoms with Crippen molar-refractivity contribution in [3.8, 4) is 22.9 Å². The van der Waals surface area contributed by atoms with Crippen LogP contribution in [0.5, 0.6) is 17.2 Å². The summed E-state index contributed by atoms with van der Waals surface area (Å²) in [5.41, 5.74) is 4.10. The number of benzene rings is 3. The molecule has 5 aromatic rings. The fraction of sp³-hybridized carbons (Fsp3) is 0.229. The van der Waals surface area contributed by atoms with Crippen LogP contribution in [0.2, 0.25) is 0 Å². The third kappa shape index (κ3) is 7.06. The van der Waals surface area contributed by atoms with E-state index < -0.39 is 0 Å². The number of thiophene rings is 1. The maximum Gasteiger partial charge on any atom is 0.253 e. The molecule has 48 heavy (non-hydrogen) atoms. The molecule has 6 rings (SSSR count). The van der Waals surface area contributed by atoms with Crippen LogP contribution in [-0.4, -0.2) is 64.4 Å². The molecule has 0 spiro atoms. The monoisotopic (exact) mass is 682 g/mol. The first-order chi connectivity index (χ1) is 23.4. The van der Waals surface area contributed by atoms with Gasteiger partial charge in [0.25, 0.3) is 11.8 Å².